The van der Waals surface area contributed by atoms with Crippen LogP contribution in [0.2, 0.25) is 5.15 Å². The Balaban J connectivity index is 2.26. The number of hydrogen-bond acceptors (Lipinski definition) is 2. The predicted molar refractivity (Wildman–Crippen MR) is 79.4 cm³/mol. The van der Waals surface area contributed by atoms with Gasteiger partial charge in [0.1, 0.15) is 11.0 Å². The van der Waals surface area contributed by atoms with Crippen molar-refractivity contribution in [1.29, 1.82) is 0 Å². The summed E-state index contributed by atoms with van der Waals surface area (Å²) in [5.74, 6) is 0.224. The van der Waals surface area contributed by atoms with Crippen LogP contribution in [0.4, 0.5) is 4.39 Å². The maximum Gasteiger partial charge on any atom is 0.161 e. The molecule has 0 fully saturated rings. The molecule has 2 nitrogen and oxygen atoms in total. The number of fused-ring (bicyclic) bond motifs is 1. The number of aryl methyl sites for hydroxylation is 2. The van der Waals surface area contributed by atoms with Crippen molar-refractivity contribution in [1.82, 2.24) is 9.97 Å². The summed E-state index contributed by atoms with van der Waals surface area (Å²) < 4.78 is 13.0. The first-order valence-electron chi connectivity index (χ1n) is 6.25. The van der Waals surface area contributed by atoms with Gasteiger partial charge in [0.15, 0.2) is 5.82 Å². The van der Waals surface area contributed by atoms with Crippen LogP contribution in [0.3, 0.4) is 0 Å². The van der Waals surface area contributed by atoms with E-state index in [4.69, 9.17) is 11.6 Å². The summed E-state index contributed by atoms with van der Waals surface area (Å²) in [5, 5.41) is 1.26. The summed E-state index contributed by atoms with van der Waals surface area (Å²) in [7, 11) is 0. The summed E-state index contributed by atoms with van der Waals surface area (Å²) in [6.07, 6.45) is 0. The fourth-order valence-electron chi connectivity index (χ4n) is 2.28. The third-order valence-corrected chi connectivity index (χ3v) is 3.48. The number of benzene rings is 2. The van der Waals surface area contributed by atoms with Gasteiger partial charge in [-0.1, -0.05) is 23.2 Å². The topological polar surface area (TPSA) is 25.8 Å². The lowest BCUT2D eigenvalue weighted by Gasteiger charge is -2.08. The minimum absolute atomic E-state index is 0.285. The van der Waals surface area contributed by atoms with Gasteiger partial charge in [0.2, 0.25) is 0 Å². The van der Waals surface area contributed by atoms with E-state index in [-0.39, 0.29) is 5.82 Å². The molecule has 0 unspecified atom stereocenters. The lowest BCUT2D eigenvalue weighted by atomic mass is 10.1. The van der Waals surface area contributed by atoms with Gasteiger partial charge < -0.3 is 0 Å². The van der Waals surface area contributed by atoms with Gasteiger partial charge in [0.05, 0.1) is 5.52 Å². The van der Waals surface area contributed by atoms with E-state index in [0.29, 0.717) is 11.0 Å². The Morgan fingerprint density at radius 3 is 2.40 bits per heavy atom. The SMILES string of the molecule is Cc1cc(C)c2nc(-c3ccc(F)cc3)nc(Cl)c2c1. The molecule has 3 aromatic rings. The highest BCUT2D eigenvalue weighted by atomic mass is 35.5. The molecule has 1 heterocycles. The van der Waals surface area contributed by atoms with E-state index < -0.39 is 0 Å². The van der Waals surface area contributed by atoms with E-state index in [1.807, 2.05) is 19.9 Å². The molecule has 3 rings (SSSR count). The molecule has 0 aliphatic rings. The van der Waals surface area contributed by atoms with E-state index in [1.165, 1.54) is 12.1 Å². The maximum atomic E-state index is 13.0. The molecule has 0 saturated heterocycles. The third-order valence-electron chi connectivity index (χ3n) is 3.19. The van der Waals surface area contributed by atoms with Gasteiger partial charge in [0.25, 0.3) is 0 Å². The van der Waals surface area contributed by atoms with Crippen molar-refractivity contribution >= 4 is 22.5 Å². The molecular weight excluding hydrogens is 275 g/mol. The van der Waals surface area contributed by atoms with Crippen LogP contribution in [0.25, 0.3) is 22.3 Å². The van der Waals surface area contributed by atoms with Gasteiger partial charge >= 0.3 is 0 Å². The maximum absolute atomic E-state index is 13.0. The second-order valence-electron chi connectivity index (χ2n) is 4.82. The molecular formula is C16H12ClFN2. The smallest absolute Gasteiger partial charge is 0.161 e. The summed E-state index contributed by atoms with van der Waals surface area (Å²) in [6.45, 7) is 4.00. The highest BCUT2D eigenvalue weighted by molar-refractivity contribution is 6.34. The lowest BCUT2D eigenvalue weighted by Crippen LogP contribution is -1.94. The molecule has 1 aromatic heterocycles. The highest BCUT2D eigenvalue weighted by Crippen LogP contribution is 2.27. The molecule has 0 spiro atoms. The Morgan fingerprint density at radius 1 is 1.00 bits per heavy atom. The first-order chi connectivity index (χ1) is 9.54. The monoisotopic (exact) mass is 286 g/mol. The molecule has 100 valence electrons. The third kappa shape index (κ3) is 2.25. The van der Waals surface area contributed by atoms with Crippen LogP contribution >= 0.6 is 11.6 Å². The summed E-state index contributed by atoms with van der Waals surface area (Å²) >= 11 is 6.26. The Hall–Kier alpha value is -2.00. The molecule has 20 heavy (non-hydrogen) atoms. The molecule has 2 aromatic carbocycles. The zero-order valence-corrected chi connectivity index (χ0v) is 11.9. The fourth-order valence-corrected chi connectivity index (χ4v) is 2.50. The van der Waals surface area contributed by atoms with E-state index >= 15 is 0 Å². The molecule has 0 atom stereocenters. The zero-order chi connectivity index (χ0) is 14.3. The second kappa shape index (κ2) is 4.84. The molecule has 0 N–H and O–H groups in total. The fraction of sp³-hybridized carbons (Fsp3) is 0.125. The van der Waals surface area contributed by atoms with Crippen molar-refractivity contribution in [3.8, 4) is 11.4 Å². The number of rotatable bonds is 1. The number of aromatic nitrogens is 2. The lowest BCUT2D eigenvalue weighted by molar-refractivity contribution is 0.628. The largest absolute Gasteiger partial charge is 0.228 e. The first kappa shape index (κ1) is 13.0. The minimum Gasteiger partial charge on any atom is -0.228 e. The summed E-state index contributed by atoms with van der Waals surface area (Å²) in [6, 6.07) is 10.1. The highest BCUT2D eigenvalue weighted by Gasteiger charge is 2.10. The normalized spacial score (nSPS) is 11.0. The van der Waals surface area contributed by atoms with Gasteiger partial charge in [-0.05, 0) is 49.7 Å². The predicted octanol–water partition coefficient (Wildman–Crippen LogP) is 4.71. The van der Waals surface area contributed by atoms with E-state index in [2.05, 4.69) is 16.0 Å². The van der Waals surface area contributed by atoms with Crippen LogP contribution in [0.15, 0.2) is 36.4 Å². The Morgan fingerprint density at radius 2 is 1.70 bits per heavy atom. The Kier molecular flexibility index (Phi) is 3.14. The minimum atomic E-state index is -0.285. The molecule has 4 heteroatoms. The standard InChI is InChI=1S/C16H12ClFN2/c1-9-7-10(2)14-13(8-9)15(17)20-16(19-14)11-3-5-12(18)6-4-11/h3-8H,1-2H3. The Labute approximate surface area is 121 Å². The van der Waals surface area contributed by atoms with Crippen LogP contribution in [0.5, 0.6) is 0 Å². The van der Waals surface area contributed by atoms with Crippen LogP contribution < -0.4 is 0 Å². The number of halogens is 2. The molecule has 0 saturated carbocycles. The molecule has 0 amide bonds. The van der Waals surface area contributed by atoms with Crippen molar-refractivity contribution in [3.63, 3.8) is 0 Å². The molecule has 0 radical (unpaired) electrons. The van der Waals surface area contributed by atoms with Crippen LogP contribution in [-0.2, 0) is 0 Å². The van der Waals surface area contributed by atoms with Crippen molar-refractivity contribution < 1.29 is 4.39 Å². The van der Waals surface area contributed by atoms with Gasteiger partial charge in [-0.3, -0.25) is 0 Å². The zero-order valence-electron chi connectivity index (χ0n) is 11.1. The average molecular weight is 287 g/mol. The van der Waals surface area contributed by atoms with Crippen molar-refractivity contribution in [2.24, 2.45) is 0 Å². The quantitative estimate of drug-likeness (QED) is 0.606. The molecule has 0 bridgehead atoms. The summed E-state index contributed by atoms with van der Waals surface area (Å²) in [5.41, 5.74) is 3.74. The average Bonchev–Trinajstić information content (AvgIpc) is 2.40. The van der Waals surface area contributed by atoms with Gasteiger partial charge in [0, 0.05) is 10.9 Å². The van der Waals surface area contributed by atoms with Crippen molar-refractivity contribution in [3.05, 3.63) is 58.5 Å². The van der Waals surface area contributed by atoms with Gasteiger partial charge in [-0.2, -0.15) is 0 Å². The first-order valence-corrected chi connectivity index (χ1v) is 6.63. The number of hydrogen-bond donors (Lipinski definition) is 0. The van der Waals surface area contributed by atoms with Crippen LogP contribution in [-0.4, -0.2) is 9.97 Å². The number of nitrogens with zero attached hydrogens (tertiary/aromatic N) is 2. The van der Waals surface area contributed by atoms with E-state index in [1.54, 1.807) is 12.1 Å². The van der Waals surface area contributed by atoms with Crippen molar-refractivity contribution in [2.45, 2.75) is 13.8 Å². The second-order valence-corrected chi connectivity index (χ2v) is 5.18. The molecule has 0 aliphatic heterocycles. The van der Waals surface area contributed by atoms with Crippen molar-refractivity contribution in [2.75, 3.05) is 0 Å². The Bertz CT molecular complexity index is 798. The van der Waals surface area contributed by atoms with Crippen LogP contribution in [0, 0.1) is 19.7 Å². The van der Waals surface area contributed by atoms with Gasteiger partial charge in [-0.15, -0.1) is 0 Å². The van der Waals surface area contributed by atoms with E-state index in [9.17, 15) is 4.39 Å². The van der Waals surface area contributed by atoms with Gasteiger partial charge in [-0.25, -0.2) is 14.4 Å². The van der Waals surface area contributed by atoms with Crippen LogP contribution in [0.1, 0.15) is 11.1 Å². The van der Waals surface area contributed by atoms with E-state index in [0.717, 1.165) is 27.6 Å². The molecule has 0 aliphatic carbocycles. The summed E-state index contributed by atoms with van der Waals surface area (Å²) in [4.78, 5) is 8.87.